The van der Waals surface area contributed by atoms with Crippen molar-refractivity contribution in [2.45, 2.75) is 11.1 Å². The summed E-state index contributed by atoms with van der Waals surface area (Å²) >= 11 is 5.78. The highest BCUT2D eigenvalue weighted by Crippen LogP contribution is 2.33. The molecule has 0 heterocycles. The van der Waals surface area contributed by atoms with Gasteiger partial charge in [-0.1, -0.05) is 23.7 Å². The van der Waals surface area contributed by atoms with Crippen LogP contribution in [0.4, 0.5) is 13.2 Å². The van der Waals surface area contributed by atoms with Crippen LogP contribution in [0.5, 0.6) is 5.75 Å². The number of ether oxygens (including phenoxy) is 1. The average molecular weight is 409 g/mol. The molecule has 0 unspecified atom stereocenters. The normalized spacial score (nSPS) is 11.9. The highest BCUT2D eigenvalue weighted by atomic mass is 35.5. The van der Waals surface area contributed by atoms with Crippen LogP contribution in [0.3, 0.4) is 0 Å². The minimum atomic E-state index is -4.88. The van der Waals surface area contributed by atoms with Gasteiger partial charge < -0.3 is 4.74 Å². The van der Waals surface area contributed by atoms with Gasteiger partial charge in [-0.05, 0) is 30.3 Å². The number of halogens is 4. The summed E-state index contributed by atoms with van der Waals surface area (Å²) in [6.45, 7) is 0. The van der Waals surface area contributed by atoms with E-state index in [2.05, 4.69) is 0 Å². The van der Waals surface area contributed by atoms with Gasteiger partial charge in [-0.25, -0.2) is 8.42 Å². The van der Waals surface area contributed by atoms with Gasteiger partial charge in [-0.3, -0.25) is 10.2 Å². The second-order valence-electron chi connectivity index (χ2n) is 4.90. The van der Waals surface area contributed by atoms with E-state index in [9.17, 15) is 26.4 Å². The molecule has 140 valence electrons. The third-order valence-corrected chi connectivity index (χ3v) is 4.73. The van der Waals surface area contributed by atoms with E-state index in [1.54, 1.807) is 4.83 Å². The zero-order chi connectivity index (χ0) is 19.5. The third kappa shape index (κ3) is 4.45. The number of alkyl halides is 3. The second-order valence-corrected chi connectivity index (χ2v) is 6.99. The summed E-state index contributed by atoms with van der Waals surface area (Å²) in [5, 5.41) is 0.182. The molecule has 2 rings (SSSR count). The Labute approximate surface area is 151 Å². The van der Waals surface area contributed by atoms with E-state index in [1.165, 1.54) is 25.3 Å². The molecular formula is C15H12ClF3N2O4S. The van der Waals surface area contributed by atoms with E-state index in [4.69, 9.17) is 16.3 Å². The Balaban J connectivity index is 2.27. The van der Waals surface area contributed by atoms with Crippen LogP contribution in [0.2, 0.25) is 5.02 Å². The summed E-state index contributed by atoms with van der Waals surface area (Å²) < 4.78 is 68.2. The van der Waals surface area contributed by atoms with Gasteiger partial charge in [0, 0.05) is 5.02 Å². The topological polar surface area (TPSA) is 84.5 Å². The maximum Gasteiger partial charge on any atom is 0.417 e. The molecule has 0 atom stereocenters. The van der Waals surface area contributed by atoms with Gasteiger partial charge in [0.25, 0.3) is 15.9 Å². The fourth-order valence-electron chi connectivity index (χ4n) is 2.03. The summed E-state index contributed by atoms with van der Waals surface area (Å²) in [5.74, 6) is -0.862. The first-order chi connectivity index (χ1) is 12.1. The van der Waals surface area contributed by atoms with Crippen LogP contribution in [0.15, 0.2) is 47.4 Å². The number of hydrogen-bond donors (Lipinski definition) is 2. The van der Waals surface area contributed by atoms with Crippen molar-refractivity contribution < 1.29 is 31.1 Å². The maximum atomic E-state index is 13.0. The molecule has 0 saturated heterocycles. The number of carbonyl (C=O) groups is 1. The van der Waals surface area contributed by atoms with E-state index < -0.39 is 32.6 Å². The highest BCUT2D eigenvalue weighted by Gasteiger charge is 2.37. The molecule has 2 aromatic rings. The van der Waals surface area contributed by atoms with Crippen molar-refractivity contribution in [3.63, 3.8) is 0 Å². The molecule has 11 heteroatoms. The lowest BCUT2D eigenvalue weighted by molar-refractivity contribution is -0.139. The zero-order valence-corrected chi connectivity index (χ0v) is 14.7. The first-order valence-corrected chi connectivity index (χ1v) is 8.74. The number of carbonyl (C=O) groups excluding carboxylic acids is 1. The third-order valence-electron chi connectivity index (χ3n) is 3.19. The standard InChI is InChI=1S/C15H12ClF3N2O4S/c1-25-12-7-6-9(16)8-10(12)14(22)20-21-26(23,24)13-5-3-2-4-11(13)15(17,18)19/h2-8,21H,1H3,(H,20,22). The molecule has 0 spiro atoms. The number of hydrazine groups is 1. The van der Waals surface area contributed by atoms with E-state index in [1.807, 2.05) is 5.43 Å². The molecule has 6 nitrogen and oxygen atoms in total. The summed E-state index contributed by atoms with van der Waals surface area (Å²) in [5.41, 5.74) is 0.371. The van der Waals surface area contributed by atoms with Crippen LogP contribution in [-0.2, 0) is 16.2 Å². The Bertz CT molecular complexity index is 933. The Hall–Kier alpha value is -2.30. The first kappa shape index (κ1) is 20.0. The Morgan fingerprint density at radius 1 is 1.15 bits per heavy atom. The summed E-state index contributed by atoms with van der Waals surface area (Å²) in [6, 6.07) is 7.62. The van der Waals surface area contributed by atoms with Crippen LogP contribution in [-0.4, -0.2) is 21.4 Å². The van der Waals surface area contributed by atoms with Gasteiger partial charge in [-0.15, -0.1) is 4.83 Å². The van der Waals surface area contributed by atoms with Crippen molar-refractivity contribution in [1.29, 1.82) is 0 Å². The molecule has 0 bridgehead atoms. The molecular weight excluding hydrogens is 397 g/mol. The van der Waals surface area contributed by atoms with Crippen LogP contribution >= 0.6 is 11.6 Å². The molecule has 0 aliphatic carbocycles. The summed E-state index contributed by atoms with van der Waals surface area (Å²) in [6.07, 6.45) is -4.88. The quantitative estimate of drug-likeness (QED) is 0.745. The predicted molar refractivity (Wildman–Crippen MR) is 87.2 cm³/mol. The van der Waals surface area contributed by atoms with Crippen LogP contribution < -0.4 is 15.0 Å². The minimum Gasteiger partial charge on any atom is -0.496 e. The van der Waals surface area contributed by atoms with Crippen LogP contribution in [0.25, 0.3) is 0 Å². The van der Waals surface area contributed by atoms with Crippen molar-refractivity contribution in [3.05, 3.63) is 58.6 Å². The molecule has 26 heavy (non-hydrogen) atoms. The van der Waals surface area contributed by atoms with Gasteiger partial charge in [0.2, 0.25) is 0 Å². The number of amides is 1. The minimum absolute atomic E-state index is 0.0989. The van der Waals surface area contributed by atoms with Crippen molar-refractivity contribution >= 4 is 27.5 Å². The predicted octanol–water partition coefficient (Wildman–Crippen LogP) is 2.99. The zero-order valence-electron chi connectivity index (χ0n) is 13.1. The molecule has 0 radical (unpaired) electrons. The number of nitrogens with one attached hydrogen (secondary N) is 2. The lowest BCUT2D eigenvalue weighted by Crippen LogP contribution is -2.42. The first-order valence-electron chi connectivity index (χ1n) is 6.88. The van der Waals surface area contributed by atoms with Gasteiger partial charge in [0.1, 0.15) is 5.75 Å². The Morgan fingerprint density at radius 2 is 1.81 bits per heavy atom. The fraction of sp³-hybridized carbons (Fsp3) is 0.133. The molecule has 0 aliphatic heterocycles. The van der Waals surface area contributed by atoms with Gasteiger partial charge in [0.15, 0.2) is 0 Å². The van der Waals surface area contributed by atoms with Crippen molar-refractivity contribution in [2.24, 2.45) is 0 Å². The molecule has 2 aromatic carbocycles. The van der Waals surface area contributed by atoms with Gasteiger partial charge in [0.05, 0.1) is 23.1 Å². The van der Waals surface area contributed by atoms with Crippen LogP contribution in [0, 0.1) is 0 Å². The number of rotatable bonds is 5. The summed E-state index contributed by atoms with van der Waals surface area (Å²) in [4.78, 5) is 12.7. The van der Waals surface area contributed by atoms with Crippen LogP contribution in [0.1, 0.15) is 15.9 Å². The van der Waals surface area contributed by atoms with E-state index in [-0.39, 0.29) is 16.3 Å². The molecule has 0 saturated carbocycles. The monoisotopic (exact) mass is 408 g/mol. The van der Waals surface area contributed by atoms with E-state index in [0.29, 0.717) is 6.07 Å². The van der Waals surface area contributed by atoms with Crippen molar-refractivity contribution in [2.75, 3.05) is 7.11 Å². The molecule has 2 N–H and O–H groups in total. The smallest absolute Gasteiger partial charge is 0.417 e. The number of methoxy groups -OCH3 is 1. The lowest BCUT2D eigenvalue weighted by Gasteiger charge is -2.14. The second kappa shape index (κ2) is 7.52. The number of sulfonamides is 1. The Morgan fingerprint density at radius 3 is 2.42 bits per heavy atom. The summed E-state index contributed by atoms with van der Waals surface area (Å²) in [7, 11) is -3.40. The molecule has 0 fully saturated rings. The lowest BCUT2D eigenvalue weighted by atomic mass is 10.2. The SMILES string of the molecule is COc1ccc(Cl)cc1C(=O)NNS(=O)(=O)c1ccccc1C(F)(F)F. The van der Waals surface area contributed by atoms with Crippen molar-refractivity contribution in [1.82, 2.24) is 10.3 Å². The number of hydrogen-bond acceptors (Lipinski definition) is 4. The van der Waals surface area contributed by atoms with Crippen molar-refractivity contribution in [3.8, 4) is 5.75 Å². The largest absolute Gasteiger partial charge is 0.496 e. The molecule has 0 aromatic heterocycles. The maximum absolute atomic E-state index is 13.0. The average Bonchev–Trinajstić information content (AvgIpc) is 2.59. The van der Waals surface area contributed by atoms with Gasteiger partial charge in [-0.2, -0.15) is 13.2 Å². The van der Waals surface area contributed by atoms with E-state index >= 15 is 0 Å². The number of benzene rings is 2. The van der Waals surface area contributed by atoms with E-state index in [0.717, 1.165) is 18.2 Å². The van der Waals surface area contributed by atoms with Gasteiger partial charge >= 0.3 is 6.18 Å². The highest BCUT2D eigenvalue weighted by molar-refractivity contribution is 7.89. The Kier molecular flexibility index (Phi) is 5.79. The molecule has 1 amide bonds. The fourth-order valence-corrected chi connectivity index (χ4v) is 3.27. The molecule has 0 aliphatic rings.